The molecule has 0 bridgehead atoms. The summed E-state index contributed by atoms with van der Waals surface area (Å²) >= 11 is 0. The van der Waals surface area contributed by atoms with E-state index in [0.717, 1.165) is 22.1 Å². The molecule has 3 heterocycles. The Balaban J connectivity index is 1.57. The minimum absolute atomic E-state index is 0.0337. The van der Waals surface area contributed by atoms with Gasteiger partial charge in [-0.2, -0.15) is 0 Å². The Labute approximate surface area is 211 Å². The lowest BCUT2D eigenvalue weighted by Gasteiger charge is -2.32. The molecule has 0 N–H and O–H groups in total. The second-order valence-corrected chi connectivity index (χ2v) is 13.7. The molecule has 0 aliphatic carbocycles. The molecule has 2 fully saturated rings. The Morgan fingerprint density at radius 1 is 1.03 bits per heavy atom. The van der Waals surface area contributed by atoms with Gasteiger partial charge in [0, 0.05) is 29.3 Å². The van der Waals surface area contributed by atoms with Crippen LogP contribution in [0, 0.1) is 11.2 Å². The molecule has 1 atom stereocenters. The van der Waals surface area contributed by atoms with Gasteiger partial charge in [-0.1, -0.05) is 19.1 Å². The van der Waals surface area contributed by atoms with Gasteiger partial charge in [0.15, 0.2) is 15.6 Å². The van der Waals surface area contributed by atoms with Crippen LogP contribution >= 0.6 is 0 Å². The van der Waals surface area contributed by atoms with Crippen LogP contribution in [0.2, 0.25) is 0 Å². The molecule has 0 spiro atoms. The topological polar surface area (TPSA) is 74.6 Å². The first-order chi connectivity index (χ1) is 16.7. The first-order valence-electron chi connectivity index (χ1n) is 12.2. The predicted molar refractivity (Wildman–Crippen MR) is 139 cm³/mol. The van der Waals surface area contributed by atoms with Crippen LogP contribution in [0.25, 0.3) is 16.6 Å². The van der Waals surface area contributed by atoms with Gasteiger partial charge in [0.05, 0.1) is 28.2 Å². The van der Waals surface area contributed by atoms with Crippen molar-refractivity contribution < 1.29 is 26.9 Å². The number of rotatable bonds is 5. The molecule has 2 aliphatic rings. The fourth-order valence-electron chi connectivity index (χ4n) is 5.11. The largest absolute Gasteiger partial charge is 0.497 e. The van der Waals surface area contributed by atoms with Gasteiger partial charge >= 0.3 is 7.12 Å². The number of hydrogen-bond donors (Lipinski definition) is 0. The molecule has 3 aromatic rings. The van der Waals surface area contributed by atoms with Crippen LogP contribution in [0.4, 0.5) is 4.39 Å². The third-order valence-electron chi connectivity index (χ3n) is 7.94. The van der Waals surface area contributed by atoms with Gasteiger partial charge in [-0.05, 0) is 75.2 Å². The average Bonchev–Trinajstić information content (AvgIpc) is 3.36. The highest BCUT2D eigenvalue weighted by Crippen LogP contribution is 2.38. The number of benzene rings is 2. The molecule has 9 heteroatoms. The number of hydrogen-bond acceptors (Lipinski definition) is 5. The summed E-state index contributed by atoms with van der Waals surface area (Å²) in [6.07, 6.45) is 2.57. The van der Waals surface area contributed by atoms with Crippen molar-refractivity contribution in [2.24, 2.45) is 5.41 Å². The molecule has 1 unspecified atom stereocenters. The number of Topliss-reactive ketones (excluding diaryl/α,β-unsaturated/α-hetero) is 1. The van der Waals surface area contributed by atoms with E-state index in [-0.39, 0.29) is 29.5 Å². The summed E-state index contributed by atoms with van der Waals surface area (Å²) in [6.45, 7) is 9.84. The third-order valence-corrected chi connectivity index (χ3v) is 9.91. The zero-order valence-corrected chi connectivity index (χ0v) is 22.1. The highest BCUT2D eigenvalue weighted by Gasteiger charge is 2.52. The number of nitrogens with zero attached hydrogens (tertiary/aromatic N) is 1. The van der Waals surface area contributed by atoms with Gasteiger partial charge in [0.25, 0.3) is 0 Å². The summed E-state index contributed by atoms with van der Waals surface area (Å²) in [5.74, 6) is -0.273. The molecule has 36 heavy (non-hydrogen) atoms. The fourth-order valence-corrected chi connectivity index (χ4v) is 7.36. The molecule has 1 aromatic heterocycles. The number of halogens is 1. The second-order valence-electron chi connectivity index (χ2n) is 11.5. The van der Waals surface area contributed by atoms with Crippen LogP contribution in [-0.4, -0.2) is 48.6 Å². The van der Waals surface area contributed by atoms with Crippen LogP contribution in [0.3, 0.4) is 0 Å². The van der Waals surface area contributed by atoms with Gasteiger partial charge in [-0.25, -0.2) is 12.8 Å². The van der Waals surface area contributed by atoms with Crippen molar-refractivity contribution in [2.75, 3.05) is 11.5 Å². The summed E-state index contributed by atoms with van der Waals surface area (Å²) in [5, 5.41) is 0.865. The van der Waals surface area contributed by atoms with Crippen molar-refractivity contribution in [1.29, 1.82) is 0 Å². The molecule has 0 saturated carbocycles. The van der Waals surface area contributed by atoms with Crippen molar-refractivity contribution in [3.05, 3.63) is 60.0 Å². The zero-order valence-electron chi connectivity index (χ0n) is 21.3. The molecular weight excluding hydrogens is 480 g/mol. The van der Waals surface area contributed by atoms with Crippen LogP contribution in [0.5, 0.6) is 0 Å². The normalized spacial score (nSPS) is 24.4. The Morgan fingerprint density at radius 2 is 1.67 bits per heavy atom. The van der Waals surface area contributed by atoms with Crippen LogP contribution < -0.4 is 5.46 Å². The van der Waals surface area contributed by atoms with E-state index < -0.39 is 33.6 Å². The van der Waals surface area contributed by atoms with Crippen molar-refractivity contribution in [2.45, 2.75) is 58.7 Å². The van der Waals surface area contributed by atoms with Crippen LogP contribution in [-0.2, 0) is 19.1 Å². The van der Waals surface area contributed by atoms with E-state index in [1.165, 1.54) is 12.1 Å². The molecule has 2 saturated heterocycles. The molecule has 190 valence electrons. The Bertz CT molecular complexity index is 1450. The Hall–Kier alpha value is -2.49. The predicted octanol–water partition coefficient (Wildman–Crippen LogP) is 4.47. The summed E-state index contributed by atoms with van der Waals surface area (Å²) in [5.41, 5.74) is 1.24. The lowest BCUT2D eigenvalue weighted by molar-refractivity contribution is 0.00578. The number of sulfone groups is 1. The SMILES string of the molecule is CC1(CC(=O)c2ccc3c(B4OC(C)(C)C(C)(C)O4)cn(-c4ccc(F)cc4)c3c2)CCS(=O)(=O)C1. The maximum Gasteiger partial charge on any atom is 0.497 e. The van der Waals surface area contributed by atoms with E-state index in [0.29, 0.717) is 12.0 Å². The number of ketones is 1. The zero-order chi connectivity index (χ0) is 26.1. The summed E-state index contributed by atoms with van der Waals surface area (Å²) in [4.78, 5) is 13.3. The van der Waals surface area contributed by atoms with Gasteiger partial charge in [-0.3, -0.25) is 4.79 Å². The highest BCUT2D eigenvalue weighted by molar-refractivity contribution is 7.91. The molecule has 6 nitrogen and oxygen atoms in total. The number of fused-ring (bicyclic) bond motifs is 1. The van der Waals surface area contributed by atoms with Crippen molar-refractivity contribution >= 4 is 39.1 Å². The lowest BCUT2D eigenvalue weighted by atomic mass is 9.78. The maximum atomic E-state index is 13.7. The maximum absolute atomic E-state index is 13.7. The van der Waals surface area contributed by atoms with Gasteiger partial charge < -0.3 is 13.9 Å². The van der Waals surface area contributed by atoms with Gasteiger partial charge in [0.1, 0.15) is 5.82 Å². The Morgan fingerprint density at radius 3 is 2.25 bits per heavy atom. The van der Waals surface area contributed by atoms with Crippen molar-refractivity contribution in [1.82, 2.24) is 4.57 Å². The first kappa shape index (κ1) is 25.2. The minimum atomic E-state index is -3.10. The number of aromatic nitrogens is 1. The second kappa shape index (κ2) is 8.26. The van der Waals surface area contributed by atoms with Crippen LogP contribution in [0.15, 0.2) is 48.7 Å². The molecule has 2 aliphatic heterocycles. The lowest BCUT2D eigenvalue weighted by Crippen LogP contribution is -2.41. The minimum Gasteiger partial charge on any atom is -0.399 e. The monoisotopic (exact) mass is 511 g/mol. The first-order valence-corrected chi connectivity index (χ1v) is 14.0. The molecule has 2 aromatic carbocycles. The van der Waals surface area contributed by atoms with E-state index in [4.69, 9.17) is 9.31 Å². The number of carbonyl (C=O) groups is 1. The molecular formula is C27H31BFNO5S. The standard InChI is InChI=1S/C27H31BFNO5S/c1-25(2)26(3,4)35-28(34-25)22-16-30(20-9-7-19(29)8-10-20)23-14-18(6-11-21(22)23)24(31)15-27(5)12-13-36(32,33)17-27/h6-11,14,16H,12-13,15,17H2,1-5H3. The summed E-state index contributed by atoms with van der Waals surface area (Å²) < 4.78 is 52.2. The quantitative estimate of drug-likeness (QED) is 0.374. The fraction of sp³-hybridized carbons (Fsp3) is 0.444. The smallest absolute Gasteiger partial charge is 0.399 e. The molecule has 0 amide bonds. The van der Waals surface area contributed by atoms with E-state index >= 15 is 0 Å². The van der Waals surface area contributed by atoms with E-state index in [1.54, 1.807) is 18.2 Å². The van der Waals surface area contributed by atoms with E-state index in [2.05, 4.69) is 0 Å². The van der Waals surface area contributed by atoms with Crippen molar-refractivity contribution in [3.63, 3.8) is 0 Å². The average molecular weight is 511 g/mol. The van der Waals surface area contributed by atoms with Gasteiger partial charge in [0.2, 0.25) is 0 Å². The van der Waals surface area contributed by atoms with Crippen molar-refractivity contribution in [3.8, 4) is 5.69 Å². The van der Waals surface area contributed by atoms with Gasteiger partial charge in [-0.15, -0.1) is 0 Å². The molecule has 5 rings (SSSR count). The third kappa shape index (κ3) is 4.42. The van der Waals surface area contributed by atoms with E-state index in [9.17, 15) is 17.6 Å². The molecule has 0 radical (unpaired) electrons. The highest BCUT2D eigenvalue weighted by atomic mass is 32.2. The summed E-state index contributed by atoms with van der Waals surface area (Å²) in [7, 11) is -3.71. The number of carbonyl (C=O) groups excluding carboxylic acids is 1. The Kier molecular flexibility index (Phi) is 5.78. The van der Waals surface area contributed by atoms with E-state index in [1.807, 2.05) is 57.5 Å². The summed E-state index contributed by atoms with van der Waals surface area (Å²) in [6, 6.07) is 11.6. The van der Waals surface area contributed by atoms with Crippen LogP contribution in [0.1, 0.15) is 57.8 Å².